The van der Waals surface area contributed by atoms with Crippen LogP contribution in [0.2, 0.25) is 5.02 Å². The molecule has 0 atom stereocenters. The molecule has 28 heavy (non-hydrogen) atoms. The van der Waals surface area contributed by atoms with Gasteiger partial charge >= 0.3 is 0 Å². The number of phenolic OH excluding ortho intramolecular Hbond substituents is 1. The van der Waals surface area contributed by atoms with Crippen LogP contribution in [0.5, 0.6) is 11.5 Å². The van der Waals surface area contributed by atoms with Crippen molar-refractivity contribution in [2.75, 3.05) is 17.1 Å². The number of anilines is 2. The highest BCUT2D eigenvalue weighted by Crippen LogP contribution is 2.30. The van der Waals surface area contributed by atoms with Crippen LogP contribution in [0.4, 0.5) is 11.4 Å². The number of rotatable bonds is 6. The number of para-hydroxylation sites is 2. The molecule has 10 heteroatoms. The van der Waals surface area contributed by atoms with Gasteiger partial charge in [-0.25, -0.2) is 8.42 Å². The summed E-state index contributed by atoms with van der Waals surface area (Å²) in [5, 5.41) is 12.8. The molecule has 0 radical (unpaired) electrons. The zero-order valence-electron chi connectivity index (χ0n) is 14.6. The molecule has 0 unspecified atom stereocenters. The van der Waals surface area contributed by atoms with E-state index in [2.05, 4.69) is 15.0 Å². The predicted molar refractivity (Wildman–Crippen MR) is 106 cm³/mol. The second-order valence-corrected chi connectivity index (χ2v) is 7.79. The number of methoxy groups -OCH3 is 1. The number of aromatic nitrogens is 1. The van der Waals surface area contributed by atoms with Gasteiger partial charge in [0.1, 0.15) is 17.2 Å². The van der Waals surface area contributed by atoms with E-state index in [9.17, 15) is 18.3 Å². The number of hydrogen-bond donors (Lipinski definition) is 4. The number of aromatic hydroxyl groups is 1. The van der Waals surface area contributed by atoms with Gasteiger partial charge in [-0.15, -0.1) is 0 Å². The van der Waals surface area contributed by atoms with Gasteiger partial charge < -0.3 is 20.1 Å². The number of halogens is 1. The van der Waals surface area contributed by atoms with Crippen LogP contribution in [0.25, 0.3) is 0 Å². The summed E-state index contributed by atoms with van der Waals surface area (Å²) >= 11 is 5.77. The first-order valence-corrected chi connectivity index (χ1v) is 9.80. The number of ether oxygens (including phenoxy) is 1. The molecule has 0 aliphatic carbocycles. The number of nitrogens with one attached hydrogen (secondary N) is 3. The second kappa shape index (κ2) is 7.83. The lowest BCUT2D eigenvalue weighted by molar-refractivity contribution is 0.102. The van der Waals surface area contributed by atoms with Gasteiger partial charge in [0, 0.05) is 6.20 Å². The van der Waals surface area contributed by atoms with Crippen molar-refractivity contribution in [2.45, 2.75) is 4.90 Å². The first-order chi connectivity index (χ1) is 13.3. The SMILES string of the molecule is COc1ccccc1NS(=O)(=O)c1ccc(O)c(NC(=O)c2cc(Cl)c[nH]2)c1. The van der Waals surface area contributed by atoms with Crippen LogP contribution in [0.1, 0.15) is 10.5 Å². The van der Waals surface area contributed by atoms with Crippen LogP contribution in [-0.4, -0.2) is 31.5 Å². The summed E-state index contributed by atoms with van der Waals surface area (Å²) in [4.78, 5) is 14.7. The molecule has 0 aliphatic rings. The number of sulfonamides is 1. The van der Waals surface area contributed by atoms with Crippen molar-refractivity contribution in [3.8, 4) is 11.5 Å². The highest BCUT2D eigenvalue weighted by Gasteiger charge is 2.19. The fourth-order valence-corrected chi connectivity index (χ4v) is 3.66. The number of phenols is 1. The Morgan fingerprint density at radius 1 is 1.14 bits per heavy atom. The van der Waals surface area contributed by atoms with E-state index in [1.165, 1.54) is 31.5 Å². The minimum absolute atomic E-state index is 0.0707. The highest BCUT2D eigenvalue weighted by molar-refractivity contribution is 7.92. The lowest BCUT2D eigenvalue weighted by atomic mass is 10.3. The van der Waals surface area contributed by atoms with Crippen molar-refractivity contribution in [1.29, 1.82) is 0 Å². The molecule has 3 rings (SSSR count). The van der Waals surface area contributed by atoms with Crippen LogP contribution < -0.4 is 14.8 Å². The molecule has 0 bridgehead atoms. The first kappa shape index (κ1) is 19.6. The smallest absolute Gasteiger partial charge is 0.272 e. The Bertz CT molecular complexity index is 1130. The molecule has 0 fully saturated rings. The minimum atomic E-state index is -4.00. The van der Waals surface area contributed by atoms with E-state index >= 15 is 0 Å². The molecular formula is C18H16ClN3O5S. The highest BCUT2D eigenvalue weighted by atomic mass is 35.5. The summed E-state index contributed by atoms with van der Waals surface area (Å²) in [7, 11) is -2.58. The normalized spacial score (nSPS) is 11.1. The largest absolute Gasteiger partial charge is 0.506 e. The summed E-state index contributed by atoms with van der Waals surface area (Å²) in [6.45, 7) is 0. The third-order valence-electron chi connectivity index (χ3n) is 3.77. The number of H-pyrrole nitrogens is 1. The molecule has 0 saturated heterocycles. The lowest BCUT2D eigenvalue weighted by Crippen LogP contribution is -2.15. The number of hydrogen-bond acceptors (Lipinski definition) is 5. The van der Waals surface area contributed by atoms with Crippen molar-refractivity contribution < 1.29 is 23.1 Å². The first-order valence-electron chi connectivity index (χ1n) is 7.94. The zero-order chi connectivity index (χ0) is 20.3. The van der Waals surface area contributed by atoms with E-state index in [1.807, 2.05) is 0 Å². The number of aromatic amines is 1. The summed E-state index contributed by atoms with van der Waals surface area (Å²) < 4.78 is 33.0. The van der Waals surface area contributed by atoms with Gasteiger partial charge in [-0.2, -0.15) is 0 Å². The Morgan fingerprint density at radius 2 is 1.89 bits per heavy atom. The quantitative estimate of drug-likeness (QED) is 0.454. The van der Waals surface area contributed by atoms with Gasteiger partial charge in [-0.05, 0) is 36.4 Å². The molecule has 1 heterocycles. The van der Waals surface area contributed by atoms with E-state index in [0.717, 1.165) is 6.07 Å². The van der Waals surface area contributed by atoms with E-state index in [1.54, 1.807) is 24.3 Å². The average Bonchev–Trinajstić information content (AvgIpc) is 3.10. The number of carbonyl (C=O) groups excluding carboxylic acids is 1. The Kier molecular flexibility index (Phi) is 5.48. The lowest BCUT2D eigenvalue weighted by Gasteiger charge is -2.13. The third kappa shape index (κ3) is 4.21. The van der Waals surface area contributed by atoms with Crippen molar-refractivity contribution in [2.24, 2.45) is 0 Å². The Balaban J connectivity index is 1.88. The summed E-state index contributed by atoms with van der Waals surface area (Å²) in [6, 6.07) is 11.5. The van der Waals surface area contributed by atoms with Crippen LogP contribution >= 0.6 is 11.6 Å². The van der Waals surface area contributed by atoms with Crippen LogP contribution in [0.15, 0.2) is 59.6 Å². The monoisotopic (exact) mass is 421 g/mol. The molecule has 2 aromatic carbocycles. The van der Waals surface area contributed by atoms with E-state index in [-0.39, 0.29) is 27.7 Å². The predicted octanol–water partition coefficient (Wildman–Crippen LogP) is 3.44. The van der Waals surface area contributed by atoms with Gasteiger partial charge in [-0.1, -0.05) is 23.7 Å². The van der Waals surface area contributed by atoms with Gasteiger partial charge in [0.25, 0.3) is 15.9 Å². The Morgan fingerprint density at radius 3 is 2.57 bits per heavy atom. The van der Waals surface area contributed by atoms with Gasteiger partial charge in [0.05, 0.1) is 28.4 Å². The fourth-order valence-electron chi connectivity index (χ4n) is 2.40. The van der Waals surface area contributed by atoms with Gasteiger partial charge in [0.2, 0.25) is 0 Å². The Labute approximate surface area is 166 Å². The molecule has 1 amide bonds. The van der Waals surface area contributed by atoms with Crippen molar-refractivity contribution in [1.82, 2.24) is 4.98 Å². The van der Waals surface area contributed by atoms with Crippen LogP contribution in [0.3, 0.4) is 0 Å². The summed E-state index contributed by atoms with van der Waals surface area (Å²) in [5.74, 6) is -0.529. The Hall–Kier alpha value is -3.17. The van der Waals surface area contributed by atoms with E-state index in [4.69, 9.17) is 16.3 Å². The van der Waals surface area contributed by atoms with Crippen molar-refractivity contribution in [3.05, 3.63) is 65.4 Å². The number of carbonyl (C=O) groups is 1. The van der Waals surface area contributed by atoms with E-state index < -0.39 is 15.9 Å². The third-order valence-corrected chi connectivity index (χ3v) is 5.35. The molecular weight excluding hydrogens is 406 g/mol. The molecule has 3 aromatic rings. The maximum Gasteiger partial charge on any atom is 0.272 e. The standard InChI is InChI=1S/C18H16ClN3O5S/c1-27-17-5-3-2-4-13(17)22-28(25,26)12-6-7-16(23)14(9-12)21-18(24)15-8-11(19)10-20-15/h2-10,20,22-23H,1H3,(H,21,24). The molecule has 1 aromatic heterocycles. The fraction of sp³-hybridized carbons (Fsp3) is 0.0556. The molecule has 0 spiro atoms. The van der Waals surface area contributed by atoms with Gasteiger partial charge in [0.15, 0.2) is 0 Å². The summed E-state index contributed by atoms with van der Waals surface area (Å²) in [5.41, 5.74) is 0.341. The molecule has 8 nitrogen and oxygen atoms in total. The topological polar surface area (TPSA) is 121 Å². The van der Waals surface area contributed by atoms with Gasteiger partial charge in [-0.3, -0.25) is 9.52 Å². The molecule has 4 N–H and O–H groups in total. The van der Waals surface area contributed by atoms with Crippen molar-refractivity contribution in [3.63, 3.8) is 0 Å². The maximum atomic E-state index is 12.7. The molecule has 0 aliphatic heterocycles. The van der Waals surface area contributed by atoms with Crippen molar-refractivity contribution >= 4 is 38.9 Å². The molecule has 146 valence electrons. The maximum absolute atomic E-state index is 12.7. The second-order valence-electron chi connectivity index (χ2n) is 5.67. The number of benzene rings is 2. The van der Waals surface area contributed by atoms with Crippen LogP contribution in [-0.2, 0) is 10.0 Å². The summed E-state index contributed by atoms with van der Waals surface area (Å²) in [6.07, 6.45) is 1.42. The van der Waals surface area contributed by atoms with Crippen LogP contribution in [0, 0.1) is 0 Å². The number of amides is 1. The molecule has 0 saturated carbocycles. The zero-order valence-corrected chi connectivity index (χ0v) is 16.1. The minimum Gasteiger partial charge on any atom is -0.506 e. The van der Waals surface area contributed by atoms with E-state index in [0.29, 0.717) is 10.8 Å². The average molecular weight is 422 g/mol.